The monoisotopic (exact) mass is 315 g/mol. The standard InChI is InChI=1S/C15H25NO4S/c1-15(12-17,16-2)10-4-5-11-20-13-6-8-14(9-7-13)21(3,18)19/h6-9,16-17H,4-5,10-12H2,1-3H3. The molecule has 0 spiro atoms. The Hall–Kier alpha value is -1.11. The van der Waals surface area contributed by atoms with Crippen molar-refractivity contribution in [2.75, 3.05) is 26.5 Å². The molecule has 0 radical (unpaired) electrons. The first-order chi connectivity index (χ1) is 9.80. The molecule has 0 aromatic heterocycles. The molecule has 120 valence electrons. The molecule has 0 fully saturated rings. The zero-order valence-corrected chi connectivity index (χ0v) is 13.7. The van der Waals surface area contributed by atoms with E-state index in [0.29, 0.717) is 17.3 Å². The van der Waals surface area contributed by atoms with Crippen molar-refractivity contribution in [2.45, 2.75) is 36.6 Å². The van der Waals surface area contributed by atoms with Gasteiger partial charge in [-0.1, -0.05) is 0 Å². The summed E-state index contributed by atoms with van der Waals surface area (Å²) in [6.07, 6.45) is 3.88. The molecule has 1 aromatic rings. The van der Waals surface area contributed by atoms with Gasteiger partial charge < -0.3 is 15.2 Å². The fraction of sp³-hybridized carbons (Fsp3) is 0.600. The first-order valence-electron chi connectivity index (χ1n) is 7.03. The van der Waals surface area contributed by atoms with Crippen LogP contribution in [-0.4, -0.2) is 45.6 Å². The summed E-state index contributed by atoms with van der Waals surface area (Å²) in [5.74, 6) is 0.668. The number of aliphatic hydroxyl groups excluding tert-OH is 1. The second kappa shape index (κ2) is 7.77. The Kier molecular flexibility index (Phi) is 6.64. The Morgan fingerprint density at radius 3 is 2.33 bits per heavy atom. The van der Waals surface area contributed by atoms with E-state index in [4.69, 9.17) is 4.74 Å². The number of hydrogen-bond acceptors (Lipinski definition) is 5. The lowest BCUT2D eigenvalue weighted by Gasteiger charge is -2.26. The second-order valence-corrected chi connectivity index (χ2v) is 7.53. The van der Waals surface area contributed by atoms with E-state index in [0.717, 1.165) is 19.3 Å². The van der Waals surface area contributed by atoms with Gasteiger partial charge >= 0.3 is 0 Å². The van der Waals surface area contributed by atoms with Crippen molar-refractivity contribution in [3.05, 3.63) is 24.3 Å². The van der Waals surface area contributed by atoms with Crippen LogP contribution >= 0.6 is 0 Å². The Balaban J connectivity index is 2.34. The normalized spacial score (nSPS) is 14.7. The highest BCUT2D eigenvalue weighted by Gasteiger charge is 2.19. The smallest absolute Gasteiger partial charge is 0.175 e. The predicted molar refractivity (Wildman–Crippen MR) is 83.4 cm³/mol. The lowest BCUT2D eigenvalue weighted by atomic mass is 9.96. The van der Waals surface area contributed by atoms with Crippen molar-refractivity contribution in [1.82, 2.24) is 5.32 Å². The molecule has 0 saturated carbocycles. The minimum atomic E-state index is -3.16. The van der Waals surface area contributed by atoms with Gasteiger partial charge in [0.05, 0.1) is 18.1 Å². The zero-order chi connectivity index (χ0) is 15.9. The van der Waals surface area contributed by atoms with Crippen molar-refractivity contribution in [3.63, 3.8) is 0 Å². The Morgan fingerprint density at radius 2 is 1.86 bits per heavy atom. The minimum absolute atomic E-state index is 0.108. The average molecular weight is 315 g/mol. The third kappa shape index (κ3) is 6.03. The number of nitrogens with one attached hydrogen (secondary N) is 1. The summed E-state index contributed by atoms with van der Waals surface area (Å²) in [6, 6.07) is 6.44. The van der Waals surface area contributed by atoms with Crippen LogP contribution in [0.4, 0.5) is 0 Å². The van der Waals surface area contributed by atoms with Crippen LogP contribution in [0.2, 0.25) is 0 Å². The molecule has 0 saturated heterocycles. The van der Waals surface area contributed by atoms with Crippen LogP contribution in [0.25, 0.3) is 0 Å². The summed E-state index contributed by atoms with van der Waals surface area (Å²) in [5, 5.41) is 12.4. The maximum atomic E-state index is 11.3. The minimum Gasteiger partial charge on any atom is -0.494 e. The first-order valence-corrected chi connectivity index (χ1v) is 8.92. The molecule has 6 heteroatoms. The largest absolute Gasteiger partial charge is 0.494 e. The SMILES string of the molecule is CNC(C)(CO)CCCCOc1ccc(S(C)(=O)=O)cc1. The van der Waals surface area contributed by atoms with Gasteiger partial charge in [-0.25, -0.2) is 8.42 Å². The molecule has 0 aliphatic rings. The van der Waals surface area contributed by atoms with E-state index in [9.17, 15) is 13.5 Å². The van der Waals surface area contributed by atoms with Crippen LogP contribution in [0.3, 0.4) is 0 Å². The van der Waals surface area contributed by atoms with Crippen LogP contribution < -0.4 is 10.1 Å². The highest BCUT2D eigenvalue weighted by molar-refractivity contribution is 7.90. The van der Waals surface area contributed by atoms with E-state index in [1.807, 2.05) is 14.0 Å². The van der Waals surface area contributed by atoms with Gasteiger partial charge in [0.1, 0.15) is 5.75 Å². The van der Waals surface area contributed by atoms with E-state index in [2.05, 4.69) is 5.32 Å². The maximum Gasteiger partial charge on any atom is 0.175 e. The van der Waals surface area contributed by atoms with Gasteiger partial charge in [0.2, 0.25) is 0 Å². The molecule has 0 aliphatic heterocycles. The fourth-order valence-corrected chi connectivity index (χ4v) is 2.50. The van der Waals surface area contributed by atoms with Gasteiger partial charge in [0.15, 0.2) is 9.84 Å². The van der Waals surface area contributed by atoms with Crippen LogP contribution in [0, 0.1) is 0 Å². The molecule has 1 atom stereocenters. The number of likely N-dealkylation sites (N-methyl/N-ethyl adjacent to an activating group) is 1. The summed E-state index contributed by atoms with van der Waals surface area (Å²) >= 11 is 0. The quantitative estimate of drug-likeness (QED) is 0.677. The predicted octanol–water partition coefficient (Wildman–Crippen LogP) is 1.61. The van der Waals surface area contributed by atoms with Gasteiger partial charge in [-0.15, -0.1) is 0 Å². The average Bonchev–Trinajstić information content (AvgIpc) is 2.46. The molecule has 1 aromatic carbocycles. The highest BCUT2D eigenvalue weighted by atomic mass is 32.2. The second-order valence-electron chi connectivity index (χ2n) is 5.52. The van der Waals surface area contributed by atoms with Crippen LogP contribution in [-0.2, 0) is 9.84 Å². The number of sulfone groups is 1. The third-order valence-corrected chi connectivity index (χ3v) is 4.72. The molecule has 5 nitrogen and oxygen atoms in total. The van der Waals surface area contributed by atoms with Crippen molar-refractivity contribution in [2.24, 2.45) is 0 Å². The lowest BCUT2D eigenvalue weighted by Crippen LogP contribution is -2.43. The number of rotatable bonds is 9. The third-order valence-electron chi connectivity index (χ3n) is 3.60. The Morgan fingerprint density at radius 1 is 1.24 bits per heavy atom. The summed E-state index contributed by atoms with van der Waals surface area (Å²) in [4.78, 5) is 0.294. The molecule has 0 aliphatic carbocycles. The summed E-state index contributed by atoms with van der Waals surface area (Å²) in [7, 11) is -1.31. The lowest BCUT2D eigenvalue weighted by molar-refractivity contribution is 0.168. The van der Waals surface area contributed by atoms with Gasteiger partial charge in [-0.2, -0.15) is 0 Å². The van der Waals surface area contributed by atoms with Gasteiger partial charge in [-0.05, 0) is 57.5 Å². The topological polar surface area (TPSA) is 75.6 Å². The van der Waals surface area contributed by atoms with E-state index in [1.54, 1.807) is 24.3 Å². The summed E-state index contributed by atoms with van der Waals surface area (Å²) in [5.41, 5.74) is -0.239. The Labute approximate surface area is 127 Å². The zero-order valence-electron chi connectivity index (χ0n) is 12.9. The number of unbranched alkanes of at least 4 members (excludes halogenated alkanes) is 1. The Bertz CT molecular complexity index is 521. The van der Waals surface area contributed by atoms with E-state index in [1.165, 1.54) is 6.26 Å². The van der Waals surface area contributed by atoms with Crippen LogP contribution in [0.15, 0.2) is 29.2 Å². The molecule has 0 heterocycles. The number of benzene rings is 1. The van der Waals surface area contributed by atoms with E-state index < -0.39 is 9.84 Å². The maximum absolute atomic E-state index is 11.3. The van der Waals surface area contributed by atoms with Crippen molar-refractivity contribution in [1.29, 1.82) is 0 Å². The summed E-state index contributed by atoms with van der Waals surface area (Å²) in [6.45, 7) is 2.67. The van der Waals surface area contributed by atoms with Crippen molar-refractivity contribution >= 4 is 9.84 Å². The molecule has 1 unspecified atom stereocenters. The van der Waals surface area contributed by atoms with Gasteiger partial charge in [0.25, 0.3) is 0 Å². The first kappa shape index (κ1) is 17.9. The summed E-state index contributed by atoms with van der Waals surface area (Å²) < 4.78 is 28.2. The highest BCUT2D eigenvalue weighted by Crippen LogP contribution is 2.17. The van der Waals surface area contributed by atoms with Crippen LogP contribution in [0.5, 0.6) is 5.75 Å². The molecule has 0 amide bonds. The molecular weight excluding hydrogens is 290 g/mol. The van der Waals surface area contributed by atoms with Gasteiger partial charge in [0, 0.05) is 11.8 Å². The number of aliphatic hydroxyl groups is 1. The molecular formula is C15H25NO4S. The molecule has 0 bridgehead atoms. The van der Waals surface area contributed by atoms with Crippen molar-refractivity contribution in [3.8, 4) is 5.75 Å². The molecule has 21 heavy (non-hydrogen) atoms. The number of hydrogen-bond donors (Lipinski definition) is 2. The fourth-order valence-electron chi connectivity index (χ4n) is 1.87. The van der Waals surface area contributed by atoms with Crippen LogP contribution in [0.1, 0.15) is 26.2 Å². The molecule has 2 N–H and O–H groups in total. The molecule has 1 rings (SSSR count). The van der Waals surface area contributed by atoms with E-state index in [-0.39, 0.29) is 12.1 Å². The van der Waals surface area contributed by atoms with E-state index >= 15 is 0 Å². The number of ether oxygens (including phenoxy) is 1. The van der Waals surface area contributed by atoms with Gasteiger partial charge in [-0.3, -0.25) is 0 Å². The van der Waals surface area contributed by atoms with Crippen molar-refractivity contribution < 1.29 is 18.3 Å².